The van der Waals surface area contributed by atoms with Gasteiger partial charge in [0.1, 0.15) is 0 Å². The Morgan fingerprint density at radius 1 is 1.24 bits per heavy atom. The molecule has 0 bridgehead atoms. The van der Waals surface area contributed by atoms with Crippen molar-refractivity contribution in [2.75, 3.05) is 20.1 Å². The number of benzene rings is 1. The number of carbonyl (C=O) groups excluding carboxylic acids is 1. The number of nitrogens with zero attached hydrogens (tertiary/aromatic N) is 1. The number of ketones is 1. The van der Waals surface area contributed by atoms with Crippen molar-refractivity contribution in [1.82, 2.24) is 4.90 Å². The van der Waals surface area contributed by atoms with Crippen LogP contribution in [0.2, 0.25) is 0 Å². The van der Waals surface area contributed by atoms with Gasteiger partial charge in [0.2, 0.25) is 0 Å². The highest BCUT2D eigenvalue weighted by molar-refractivity contribution is 5.97. The van der Waals surface area contributed by atoms with Crippen LogP contribution in [0, 0.1) is 0 Å². The lowest BCUT2D eigenvalue weighted by Crippen LogP contribution is -2.26. The fourth-order valence-corrected chi connectivity index (χ4v) is 1.85. The first kappa shape index (κ1) is 13.9. The Bertz CT molecular complexity index is 354. The van der Waals surface area contributed by atoms with Gasteiger partial charge in [0.15, 0.2) is 5.78 Å². The number of hydrogen-bond donors (Lipinski definition) is 0. The zero-order valence-electron chi connectivity index (χ0n) is 11.4. The molecule has 0 N–H and O–H groups in total. The minimum atomic E-state index is 0.205. The fraction of sp³-hybridized carbons (Fsp3) is 0.533. The SMILES string of the molecule is CCCN(C)CC(=O)c1ccc(C(C)C)cc1. The molecule has 94 valence electrons. The summed E-state index contributed by atoms with van der Waals surface area (Å²) in [6.07, 6.45) is 1.08. The number of hydrogen-bond acceptors (Lipinski definition) is 2. The van der Waals surface area contributed by atoms with E-state index in [-0.39, 0.29) is 5.78 Å². The molecule has 0 saturated heterocycles. The third-order valence-electron chi connectivity index (χ3n) is 2.92. The minimum Gasteiger partial charge on any atom is -0.299 e. The van der Waals surface area contributed by atoms with Gasteiger partial charge in [-0.1, -0.05) is 45.0 Å². The maximum atomic E-state index is 12.0. The quantitative estimate of drug-likeness (QED) is 0.702. The van der Waals surface area contributed by atoms with E-state index in [2.05, 4.69) is 37.8 Å². The molecule has 0 radical (unpaired) electrons. The lowest BCUT2D eigenvalue weighted by molar-refractivity contribution is 0.0946. The molecule has 0 heterocycles. The average Bonchev–Trinajstić information content (AvgIpc) is 2.29. The largest absolute Gasteiger partial charge is 0.299 e. The predicted molar refractivity (Wildman–Crippen MR) is 72.6 cm³/mol. The Morgan fingerprint density at radius 3 is 2.29 bits per heavy atom. The zero-order valence-corrected chi connectivity index (χ0v) is 11.4. The van der Waals surface area contributed by atoms with Gasteiger partial charge in [-0.15, -0.1) is 0 Å². The van der Waals surface area contributed by atoms with Gasteiger partial charge in [-0.3, -0.25) is 9.69 Å². The van der Waals surface area contributed by atoms with E-state index in [1.165, 1.54) is 5.56 Å². The van der Waals surface area contributed by atoms with E-state index < -0.39 is 0 Å². The van der Waals surface area contributed by atoms with Crippen molar-refractivity contribution in [1.29, 1.82) is 0 Å². The second-order valence-corrected chi connectivity index (χ2v) is 4.94. The van der Waals surface area contributed by atoms with Gasteiger partial charge in [-0.2, -0.15) is 0 Å². The topological polar surface area (TPSA) is 20.3 Å². The standard InChI is InChI=1S/C15H23NO/c1-5-10-16(4)11-15(17)14-8-6-13(7-9-14)12(2)3/h6-9,12H,5,10-11H2,1-4H3. The van der Waals surface area contributed by atoms with E-state index in [0.29, 0.717) is 12.5 Å². The second-order valence-electron chi connectivity index (χ2n) is 4.94. The molecule has 1 rings (SSSR count). The Kier molecular flexibility index (Phi) is 5.36. The molecule has 0 amide bonds. The average molecular weight is 233 g/mol. The third-order valence-corrected chi connectivity index (χ3v) is 2.92. The molecule has 0 aromatic heterocycles. The Labute approximate surface area is 105 Å². The number of likely N-dealkylation sites (N-methyl/N-ethyl adjacent to an activating group) is 1. The molecule has 17 heavy (non-hydrogen) atoms. The van der Waals surface area contributed by atoms with Crippen molar-refractivity contribution in [3.8, 4) is 0 Å². The predicted octanol–water partition coefficient (Wildman–Crippen LogP) is 3.33. The van der Waals surface area contributed by atoms with Crippen LogP contribution >= 0.6 is 0 Å². The van der Waals surface area contributed by atoms with Crippen molar-refractivity contribution >= 4 is 5.78 Å². The summed E-state index contributed by atoms with van der Waals surface area (Å²) in [7, 11) is 1.99. The van der Waals surface area contributed by atoms with Gasteiger partial charge >= 0.3 is 0 Å². The first-order valence-corrected chi connectivity index (χ1v) is 6.36. The molecule has 0 fully saturated rings. The number of carbonyl (C=O) groups is 1. The normalized spacial score (nSPS) is 11.2. The van der Waals surface area contributed by atoms with Crippen LogP contribution in [0.15, 0.2) is 24.3 Å². The summed E-state index contributed by atoms with van der Waals surface area (Å²) in [4.78, 5) is 14.0. The molecule has 2 heteroatoms. The van der Waals surface area contributed by atoms with Crippen LogP contribution in [0.25, 0.3) is 0 Å². The lowest BCUT2D eigenvalue weighted by Gasteiger charge is -2.14. The second kappa shape index (κ2) is 6.55. The summed E-state index contributed by atoms with van der Waals surface area (Å²) in [5.74, 6) is 0.721. The molecule has 1 aromatic carbocycles. The van der Waals surface area contributed by atoms with Gasteiger partial charge in [0.05, 0.1) is 6.54 Å². The summed E-state index contributed by atoms with van der Waals surface area (Å²) < 4.78 is 0. The highest BCUT2D eigenvalue weighted by atomic mass is 16.1. The maximum absolute atomic E-state index is 12.0. The monoisotopic (exact) mass is 233 g/mol. The van der Waals surface area contributed by atoms with E-state index in [9.17, 15) is 4.79 Å². The maximum Gasteiger partial charge on any atom is 0.176 e. The highest BCUT2D eigenvalue weighted by Crippen LogP contribution is 2.15. The van der Waals surface area contributed by atoms with Crippen molar-refractivity contribution in [3.63, 3.8) is 0 Å². The molecular weight excluding hydrogens is 210 g/mol. The first-order valence-electron chi connectivity index (χ1n) is 6.36. The summed E-state index contributed by atoms with van der Waals surface area (Å²) in [5, 5.41) is 0. The van der Waals surface area contributed by atoms with Crippen LogP contribution in [0.4, 0.5) is 0 Å². The lowest BCUT2D eigenvalue weighted by atomic mass is 10.0. The van der Waals surface area contributed by atoms with E-state index in [1.54, 1.807) is 0 Å². The minimum absolute atomic E-state index is 0.205. The molecule has 0 aliphatic rings. The number of rotatable bonds is 6. The smallest absolute Gasteiger partial charge is 0.176 e. The van der Waals surface area contributed by atoms with Crippen LogP contribution in [0.3, 0.4) is 0 Å². The molecule has 0 aliphatic carbocycles. The first-order chi connectivity index (χ1) is 8.04. The van der Waals surface area contributed by atoms with Gasteiger partial charge in [0.25, 0.3) is 0 Å². The number of Topliss-reactive ketones (excluding diaryl/α,β-unsaturated/α-hetero) is 1. The molecule has 0 unspecified atom stereocenters. The van der Waals surface area contributed by atoms with Gasteiger partial charge in [-0.25, -0.2) is 0 Å². The van der Waals surface area contributed by atoms with Crippen molar-refractivity contribution in [3.05, 3.63) is 35.4 Å². The molecule has 0 spiro atoms. The summed E-state index contributed by atoms with van der Waals surface area (Å²) in [6.45, 7) is 7.92. The van der Waals surface area contributed by atoms with Crippen LogP contribution in [0.1, 0.15) is 49.0 Å². The molecule has 1 aromatic rings. The van der Waals surface area contributed by atoms with Crippen LogP contribution in [-0.4, -0.2) is 30.8 Å². The van der Waals surface area contributed by atoms with Gasteiger partial charge < -0.3 is 0 Å². The molecule has 2 nitrogen and oxygen atoms in total. The van der Waals surface area contributed by atoms with Crippen molar-refractivity contribution in [2.24, 2.45) is 0 Å². The van der Waals surface area contributed by atoms with Crippen molar-refractivity contribution in [2.45, 2.75) is 33.1 Å². The Hall–Kier alpha value is -1.15. The van der Waals surface area contributed by atoms with Crippen molar-refractivity contribution < 1.29 is 4.79 Å². The third kappa shape index (κ3) is 4.31. The fourth-order valence-electron chi connectivity index (χ4n) is 1.85. The highest BCUT2D eigenvalue weighted by Gasteiger charge is 2.09. The van der Waals surface area contributed by atoms with E-state index in [0.717, 1.165) is 18.5 Å². The van der Waals surface area contributed by atoms with E-state index in [1.807, 2.05) is 19.2 Å². The van der Waals surface area contributed by atoms with Gasteiger partial charge in [0, 0.05) is 5.56 Å². The van der Waals surface area contributed by atoms with E-state index >= 15 is 0 Å². The summed E-state index contributed by atoms with van der Waals surface area (Å²) >= 11 is 0. The molecular formula is C15H23NO. The Balaban J connectivity index is 2.63. The van der Waals surface area contributed by atoms with Gasteiger partial charge in [-0.05, 0) is 31.5 Å². The van der Waals surface area contributed by atoms with Crippen LogP contribution < -0.4 is 0 Å². The van der Waals surface area contributed by atoms with Crippen LogP contribution in [0.5, 0.6) is 0 Å². The van der Waals surface area contributed by atoms with Crippen LogP contribution in [-0.2, 0) is 0 Å². The Morgan fingerprint density at radius 2 is 1.82 bits per heavy atom. The molecule has 0 atom stereocenters. The van der Waals surface area contributed by atoms with E-state index in [4.69, 9.17) is 0 Å². The zero-order chi connectivity index (χ0) is 12.8. The summed E-state index contributed by atoms with van der Waals surface area (Å²) in [5.41, 5.74) is 2.10. The summed E-state index contributed by atoms with van der Waals surface area (Å²) in [6, 6.07) is 7.99. The molecule has 0 saturated carbocycles. The molecule has 0 aliphatic heterocycles.